The van der Waals surface area contributed by atoms with Crippen LogP contribution in [0.2, 0.25) is 0 Å². The summed E-state index contributed by atoms with van der Waals surface area (Å²) in [4.78, 5) is 14.7. The zero-order chi connectivity index (χ0) is 17.1. The number of hydrogen-bond donors (Lipinski definition) is 1. The number of amides is 1. The van der Waals surface area contributed by atoms with Gasteiger partial charge in [0.05, 0.1) is 12.2 Å². The summed E-state index contributed by atoms with van der Waals surface area (Å²) in [7, 11) is 0. The van der Waals surface area contributed by atoms with Crippen molar-refractivity contribution >= 4 is 11.7 Å². The highest BCUT2D eigenvalue weighted by Crippen LogP contribution is 2.24. The van der Waals surface area contributed by atoms with Gasteiger partial charge in [0.15, 0.2) is 11.6 Å². The highest BCUT2D eigenvalue weighted by molar-refractivity contribution is 5.79. The maximum atomic E-state index is 12.6. The van der Waals surface area contributed by atoms with Gasteiger partial charge in [0, 0.05) is 19.1 Å². The maximum Gasteiger partial charge on any atom is 0.225 e. The topological polar surface area (TPSA) is 71.3 Å². The van der Waals surface area contributed by atoms with Crippen LogP contribution < -0.4 is 10.2 Å². The Morgan fingerprint density at radius 1 is 1.12 bits per heavy atom. The molecule has 4 rings (SSSR count). The van der Waals surface area contributed by atoms with Gasteiger partial charge in [-0.05, 0) is 49.9 Å². The highest BCUT2D eigenvalue weighted by Gasteiger charge is 2.28. The second-order valence-corrected chi connectivity index (χ2v) is 7.03. The van der Waals surface area contributed by atoms with Crippen molar-refractivity contribution in [2.24, 2.45) is 5.92 Å². The maximum absolute atomic E-state index is 12.6. The molecule has 1 aliphatic heterocycles. The number of furan rings is 1. The Labute approximate surface area is 147 Å². The molecule has 2 aromatic rings. The number of aromatic nitrogens is 2. The van der Waals surface area contributed by atoms with Crippen LogP contribution in [-0.2, 0) is 4.79 Å². The molecule has 6 heteroatoms. The molecule has 3 heterocycles. The second-order valence-electron chi connectivity index (χ2n) is 7.03. The van der Waals surface area contributed by atoms with E-state index < -0.39 is 0 Å². The number of carbonyl (C=O) groups is 1. The number of hydrogen-bond acceptors (Lipinski definition) is 5. The van der Waals surface area contributed by atoms with Crippen LogP contribution in [0, 0.1) is 5.92 Å². The van der Waals surface area contributed by atoms with Crippen LogP contribution in [0.25, 0.3) is 11.5 Å². The Morgan fingerprint density at radius 3 is 2.72 bits per heavy atom. The lowest BCUT2D eigenvalue weighted by atomic mass is 9.96. The smallest absolute Gasteiger partial charge is 0.225 e. The molecule has 1 N–H and O–H groups in total. The van der Waals surface area contributed by atoms with Crippen LogP contribution >= 0.6 is 0 Å². The summed E-state index contributed by atoms with van der Waals surface area (Å²) in [5.41, 5.74) is 0.723. The fourth-order valence-corrected chi connectivity index (χ4v) is 3.84. The van der Waals surface area contributed by atoms with E-state index in [0.717, 1.165) is 43.7 Å². The first-order valence-corrected chi connectivity index (χ1v) is 9.22. The van der Waals surface area contributed by atoms with Crippen LogP contribution in [0.15, 0.2) is 34.9 Å². The summed E-state index contributed by atoms with van der Waals surface area (Å²) < 4.78 is 5.35. The number of anilines is 1. The average Bonchev–Trinajstić information content (AvgIpc) is 3.36. The van der Waals surface area contributed by atoms with Crippen molar-refractivity contribution in [3.05, 3.63) is 30.5 Å². The van der Waals surface area contributed by atoms with Crippen molar-refractivity contribution in [3.8, 4) is 11.5 Å². The Morgan fingerprint density at radius 2 is 2.00 bits per heavy atom. The normalized spacial score (nSPS) is 21.4. The molecule has 1 amide bonds. The van der Waals surface area contributed by atoms with Crippen LogP contribution in [-0.4, -0.2) is 35.2 Å². The molecule has 6 nitrogen and oxygen atoms in total. The van der Waals surface area contributed by atoms with E-state index in [1.165, 1.54) is 12.8 Å². The molecule has 1 saturated carbocycles. The van der Waals surface area contributed by atoms with Gasteiger partial charge < -0.3 is 14.6 Å². The molecule has 0 radical (unpaired) electrons. The van der Waals surface area contributed by atoms with E-state index in [4.69, 9.17) is 4.42 Å². The molecule has 2 fully saturated rings. The van der Waals surface area contributed by atoms with Gasteiger partial charge in [0.2, 0.25) is 5.91 Å². The summed E-state index contributed by atoms with van der Waals surface area (Å²) in [5.74, 6) is 1.79. The van der Waals surface area contributed by atoms with Crippen molar-refractivity contribution in [1.82, 2.24) is 15.5 Å². The third kappa shape index (κ3) is 3.67. The zero-order valence-corrected chi connectivity index (χ0v) is 14.4. The molecule has 2 aromatic heterocycles. The van der Waals surface area contributed by atoms with Crippen LogP contribution in [0.3, 0.4) is 0 Å². The third-order valence-corrected chi connectivity index (χ3v) is 5.24. The highest BCUT2D eigenvalue weighted by atomic mass is 16.3. The first kappa shape index (κ1) is 16.1. The first-order valence-electron chi connectivity index (χ1n) is 9.22. The lowest BCUT2D eigenvalue weighted by Gasteiger charge is -2.33. The average molecular weight is 340 g/mol. The molecule has 0 bridgehead atoms. The van der Waals surface area contributed by atoms with Crippen molar-refractivity contribution in [2.75, 3.05) is 18.0 Å². The standard InChI is InChI=1S/C19H24N4O2/c24-19(20-15-6-1-2-7-15)14-5-3-11-23(13-14)18-10-9-16(21-22-18)17-8-4-12-25-17/h4,8-10,12,14-15H,1-3,5-7,11,13H2,(H,20,24). The Balaban J connectivity index is 1.39. The second kappa shape index (κ2) is 7.25. The quantitative estimate of drug-likeness (QED) is 0.926. The third-order valence-electron chi connectivity index (χ3n) is 5.24. The van der Waals surface area contributed by atoms with Gasteiger partial charge in [0.25, 0.3) is 0 Å². The van der Waals surface area contributed by atoms with Gasteiger partial charge in [-0.3, -0.25) is 4.79 Å². The summed E-state index contributed by atoms with van der Waals surface area (Å²) >= 11 is 0. The first-order chi connectivity index (χ1) is 12.3. The Kier molecular flexibility index (Phi) is 4.68. The summed E-state index contributed by atoms with van der Waals surface area (Å²) in [6.07, 6.45) is 8.31. The van der Waals surface area contributed by atoms with E-state index >= 15 is 0 Å². The lowest BCUT2D eigenvalue weighted by Crippen LogP contribution is -2.45. The van der Waals surface area contributed by atoms with Crippen LogP contribution in [0.5, 0.6) is 0 Å². The van der Waals surface area contributed by atoms with Crippen molar-refractivity contribution in [3.63, 3.8) is 0 Å². The fourth-order valence-electron chi connectivity index (χ4n) is 3.84. The minimum Gasteiger partial charge on any atom is -0.463 e. The monoisotopic (exact) mass is 340 g/mol. The predicted molar refractivity (Wildman–Crippen MR) is 95.1 cm³/mol. The predicted octanol–water partition coefficient (Wildman–Crippen LogP) is 3.01. The molecule has 1 saturated heterocycles. The largest absolute Gasteiger partial charge is 0.463 e. The van der Waals surface area contributed by atoms with Crippen molar-refractivity contribution in [2.45, 2.75) is 44.6 Å². The summed E-state index contributed by atoms with van der Waals surface area (Å²) in [6.45, 7) is 1.63. The van der Waals surface area contributed by atoms with Gasteiger partial charge in [-0.1, -0.05) is 12.8 Å². The van der Waals surface area contributed by atoms with Crippen molar-refractivity contribution in [1.29, 1.82) is 0 Å². The molecule has 1 aliphatic carbocycles. The van der Waals surface area contributed by atoms with E-state index in [1.54, 1.807) is 6.26 Å². The minimum absolute atomic E-state index is 0.0425. The summed E-state index contributed by atoms with van der Waals surface area (Å²) in [6, 6.07) is 7.97. The molecular formula is C19H24N4O2. The summed E-state index contributed by atoms with van der Waals surface area (Å²) in [5, 5.41) is 11.8. The number of nitrogens with zero attached hydrogens (tertiary/aromatic N) is 3. The van der Waals surface area contributed by atoms with Gasteiger partial charge in [0.1, 0.15) is 5.69 Å². The van der Waals surface area contributed by atoms with Gasteiger partial charge >= 0.3 is 0 Å². The zero-order valence-electron chi connectivity index (χ0n) is 14.4. The van der Waals surface area contributed by atoms with E-state index in [0.29, 0.717) is 18.3 Å². The SMILES string of the molecule is O=C(NC1CCCC1)C1CCCN(c2ccc(-c3ccco3)nn2)C1. The number of nitrogens with one attached hydrogen (secondary N) is 1. The van der Waals surface area contributed by atoms with E-state index in [2.05, 4.69) is 20.4 Å². The molecule has 1 unspecified atom stereocenters. The molecule has 132 valence electrons. The molecular weight excluding hydrogens is 316 g/mol. The van der Waals surface area contributed by atoms with E-state index in [1.807, 2.05) is 24.3 Å². The number of carbonyl (C=O) groups excluding carboxylic acids is 1. The fraction of sp³-hybridized carbons (Fsp3) is 0.526. The molecule has 2 aliphatic rings. The van der Waals surface area contributed by atoms with Gasteiger partial charge in [-0.15, -0.1) is 10.2 Å². The van der Waals surface area contributed by atoms with Gasteiger partial charge in [-0.2, -0.15) is 0 Å². The molecule has 25 heavy (non-hydrogen) atoms. The molecule has 1 atom stereocenters. The van der Waals surface area contributed by atoms with E-state index in [9.17, 15) is 4.79 Å². The number of piperidine rings is 1. The Hall–Kier alpha value is -2.37. The van der Waals surface area contributed by atoms with Crippen LogP contribution in [0.4, 0.5) is 5.82 Å². The molecule has 0 aromatic carbocycles. The molecule has 0 spiro atoms. The van der Waals surface area contributed by atoms with Crippen LogP contribution in [0.1, 0.15) is 38.5 Å². The number of rotatable bonds is 4. The van der Waals surface area contributed by atoms with Gasteiger partial charge in [-0.25, -0.2) is 0 Å². The minimum atomic E-state index is 0.0425. The van der Waals surface area contributed by atoms with E-state index in [-0.39, 0.29) is 11.8 Å². The Bertz CT molecular complexity index is 693. The van der Waals surface area contributed by atoms with Crippen molar-refractivity contribution < 1.29 is 9.21 Å². The lowest BCUT2D eigenvalue weighted by molar-refractivity contribution is -0.125.